The number of carbonyl (C=O) groups excluding carboxylic acids is 1. The fourth-order valence-corrected chi connectivity index (χ4v) is 3.18. The molecule has 0 N–H and O–H groups in total. The van der Waals surface area contributed by atoms with Gasteiger partial charge in [0.1, 0.15) is 0 Å². The summed E-state index contributed by atoms with van der Waals surface area (Å²) in [4.78, 5) is 16.8. The van der Waals surface area contributed by atoms with E-state index >= 15 is 0 Å². The van der Waals surface area contributed by atoms with Gasteiger partial charge in [-0.2, -0.15) is 5.10 Å². The largest absolute Gasteiger partial charge is 0.337 e. The van der Waals surface area contributed by atoms with Gasteiger partial charge in [0.15, 0.2) is 5.69 Å². The molecule has 5 heteroatoms. The van der Waals surface area contributed by atoms with Crippen molar-refractivity contribution < 1.29 is 4.79 Å². The molecule has 1 aromatic rings. The summed E-state index contributed by atoms with van der Waals surface area (Å²) in [5.41, 5.74) is 3.14. The number of carbonyl (C=O) groups is 1. The lowest BCUT2D eigenvalue weighted by molar-refractivity contribution is 0.0786. The second kappa shape index (κ2) is 6.65. The number of rotatable bonds is 3. The predicted molar refractivity (Wildman–Crippen MR) is 86.7 cm³/mol. The topological polar surface area (TPSA) is 41.4 Å². The van der Waals surface area contributed by atoms with Gasteiger partial charge in [-0.3, -0.25) is 14.4 Å². The van der Waals surface area contributed by atoms with Crippen LogP contribution in [-0.2, 0) is 13.1 Å². The second-order valence-corrected chi connectivity index (χ2v) is 6.61. The lowest BCUT2D eigenvalue weighted by Gasteiger charge is -2.17. The van der Waals surface area contributed by atoms with Gasteiger partial charge in [0.25, 0.3) is 5.91 Å². The standard InChI is InChI=1S/C17H26N4O/c1-14(2)6-11-19-7-5-10-21-15(13-19)12-16(18-21)17(22)20-8-3-4-9-20/h6,12H,3-5,7-11,13H2,1-2H3. The van der Waals surface area contributed by atoms with Crippen molar-refractivity contribution in [1.82, 2.24) is 19.6 Å². The van der Waals surface area contributed by atoms with Crippen LogP contribution in [0.4, 0.5) is 0 Å². The zero-order valence-electron chi connectivity index (χ0n) is 13.7. The van der Waals surface area contributed by atoms with Crippen molar-refractivity contribution in [2.75, 3.05) is 26.2 Å². The van der Waals surface area contributed by atoms with Gasteiger partial charge in [0.05, 0.1) is 5.69 Å². The van der Waals surface area contributed by atoms with Gasteiger partial charge in [0, 0.05) is 39.3 Å². The van der Waals surface area contributed by atoms with E-state index in [1.807, 2.05) is 15.6 Å². The third-order valence-corrected chi connectivity index (χ3v) is 4.46. The molecular weight excluding hydrogens is 276 g/mol. The lowest BCUT2D eigenvalue weighted by Crippen LogP contribution is -2.28. The fraction of sp³-hybridized carbons (Fsp3) is 0.647. The fourth-order valence-electron chi connectivity index (χ4n) is 3.18. The lowest BCUT2D eigenvalue weighted by atomic mass is 10.2. The Morgan fingerprint density at radius 1 is 1.18 bits per heavy atom. The quantitative estimate of drug-likeness (QED) is 0.805. The molecule has 0 bridgehead atoms. The first-order valence-corrected chi connectivity index (χ1v) is 8.35. The molecular formula is C17H26N4O. The first-order chi connectivity index (χ1) is 10.6. The highest BCUT2D eigenvalue weighted by atomic mass is 16.2. The van der Waals surface area contributed by atoms with Gasteiger partial charge in [-0.1, -0.05) is 11.6 Å². The summed E-state index contributed by atoms with van der Waals surface area (Å²) >= 11 is 0. The number of hydrogen-bond acceptors (Lipinski definition) is 3. The van der Waals surface area contributed by atoms with E-state index in [0.717, 1.165) is 58.5 Å². The number of allylic oxidation sites excluding steroid dienone is 1. The summed E-state index contributed by atoms with van der Waals surface area (Å²) in [5, 5.41) is 4.57. The van der Waals surface area contributed by atoms with Crippen LogP contribution in [0.1, 0.15) is 49.3 Å². The van der Waals surface area contributed by atoms with Crippen molar-refractivity contribution in [1.29, 1.82) is 0 Å². The molecule has 0 atom stereocenters. The molecule has 2 aliphatic rings. The van der Waals surface area contributed by atoms with Crippen LogP contribution in [0.15, 0.2) is 17.7 Å². The minimum atomic E-state index is 0.105. The molecule has 2 aliphatic heterocycles. The van der Waals surface area contributed by atoms with Crippen LogP contribution < -0.4 is 0 Å². The summed E-state index contributed by atoms with van der Waals surface area (Å²) < 4.78 is 2.03. The van der Waals surface area contributed by atoms with Gasteiger partial charge in [-0.25, -0.2) is 0 Å². The second-order valence-electron chi connectivity index (χ2n) is 6.61. The number of hydrogen-bond donors (Lipinski definition) is 0. The van der Waals surface area contributed by atoms with Gasteiger partial charge in [-0.15, -0.1) is 0 Å². The van der Waals surface area contributed by atoms with E-state index in [0.29, 0.717) is 5.69 Å². The molecule has 3 rings (SSSR count). The molecule has 3 heterocycles. The van der Waals surface area contributed by atoms with E-state index in [1.54, 1.807) is 0 Å². The molecule has 0 saturated carbocycles. The molecule has 1 fully saturated rings. The summed E-state index contributed by atoms with van der Waals surface area (Å²) in [5.74, 6) is 0.105. The Morgan fingerprint density at radius 3 is 2.68 bits per heavy atom. The Labute approximate surface area is 132 Å². The van der Waals surface area contributed by atoms with E-state index in [4.69, 9.17) is 0 Å². The van der Waals surface area contributed by atoms with E-state index in [9.17, 15) is 4.79 Å². The molecule has 1 amide bonds. The molecule has 0 radical (unpaired) electrons. The SMILES string of the molecule is CC(C)=CCN1CCCn2nc(C(=O)N3CCCC3)cc2C1. The predicted octanol–water partition coefficient (Wildman–Crippen LogP) is 2.29. The zero-order valence-corrected chi connectivity index (χ0v) is 13.7. The van der Waals surface area contributed by atoms with Gasteiger partial charge >= 0.3 is 0 Å². The number of likely N-dealkylation sites (tertiary alicyclic amines) is 1. The number of nitrogens with zero attached hydrogens (tertiary/aromatic N) is 4. The van der Waals surface area contributed by atoms with Gasteiger partial charge in [-0.05, 0) is 39.2 Å². The number of amides is 1. The van der Waals surface area contributed by atoms with E-state index in [2.05, 4.69) is 29.9 Å². The summed E-state index contributed by atoms with van der Waals surface area (Å²) in [7, 11) is 0. The van der Waals surface area contributed by atoms with Crippen molar-refractivity contribution in [3.8, 4) is 0 Å². The third-order valence-electron chi connectivity index (χ3n) is 4.46. The highest BCUT2D eigenvalue weighted by Crippen LogP contribution is 2.17. The van der Waals surface area contributed by atoms with Crippen LogP contribution in [-0.4, -0.2) is 51.7 Å². The van der Waals surface area contributed by atoms with Gasteiger partial charge in [0.2, 0.25) is 0 Å². The summed E-state index contributed by atoms with van der Waals surface area (Å²) in [6.07, 6.45) is 5.59. The average Bonchev–Trinajstić information content (AvgIpc) is 3.11. The molecule has 0 spiro atoms. The minimum absolute atomic E-state index is 0.105. The van der Waals surface area contributed by atoms with Crippen LogP contribution in [0.25, 0.3) is 0 Å². The Balaban J connectivity index is 1.72. The average molecular weight is 302 g/mol. The molecule has 1 saturated heterocycles. The Kier molecular flexibility index (Phi) is 4.62. The van der Waals surface area contributed by atoms with Crippen LogP contribution in [0.3, 0.4) is 0 Å². The summed E-state index contributed by atoms with van der Waals surface area (Å²) in [6.45, 7) is 9.88. The molecule has 0 unspecified atom stereocenters. The normalized spacial score (nSPS) is 18.9. The van der Waals surface area contributed by atoms with E-state index in [-0.39, 0.29) is 5.91 Å². The van der Waals surface area contributed by atoms with Crippen LogP contribution >= 0.6 is 0 Å². The van der Waals surface area contributed by atoms with E-state index in [1.165, 1.54) is 11.3 Å². The van der Waals surface area contributed by atoms with Crippen LogP contribution in [0.2, 0.25) is 0 Å². The Hall–Kier alpha value is -1.62. The van der Waals surface area contributed by atoms with Gasteiger partial charge < -0.3 is 4.90 Å². The first kappa shape index (κ1) is 15.3. The van der Waals surface area contributed by atoms with E-state index < -0.39 is 0 Å². The zero-order chi connectivity index (χ0) is 15.5. The molecule has 0 aliphatic carbocycles. The maximum absolute atomic E-state index is 12.5. The Morgan fingerprint density at radius 2 is 1.95 bits per heavy atom. The van der Waals surface area contributed by atoms with Crippen molar-refractivity contribution in [2.45, 2.75) is 46.2 Å². The number of fused-ring (bicyclic) bond motifs is 1. The van der Waals surface area contributed by atoms with Crippen molar-refractivity contribution >= 4 is 5.91 Å². The minimum Gasteiger partial charge on any atom is -0.337 e. The highest BCUT2D eigenvalue weighted by molar-refractivity contribution is 5.92. The maximum atomic E-state index is 12.5. The number of aromatic nitrogens is 2. The highest BCUT2D eigenvalue weighted by Gasteiger charge is 2.24. The molecule has 1 aromatic heterocycles. The summed E-state index contributed by atoms with van der Waals surface area (Å²) in [6, 6.07) is 2.00. The molecule has 0 aromatic carbocycles. The maximum Gasteiger partial charge on any atom is 0.274 e. The van der Waals surface area contributed by atoms with Crippen molar-refractivity contribution in [2.24, 2.45) is 0 Å². The third kappa shape index (κ3) is 3.40. The van der Waals surface area contributed by atoms with Crippen LogP contribution in [0.5, 0.6) is 0 Å². The number of aryl methyl sites for hydroxylation is 1. The van der Waals surface area contributed by atoms with Crippen molar-refractivity contribution in [3.05, 3.63) is 29.1 Å². The van der Waals surface area contributed by atoms with Crippen molar-refractivity contribution in [3.63, 3.8) is 0 Å². The first-order valence-electron chi connectivity index (χ1n) is 8.35. The smallest absolute Gasteiger partial charge is 0.274 e. The van der Waals surface area contributed by atoms with Crippen LogP contribution in [0, 0.1) is 0 Å². The molecule has 5 nitrogen and oxygen atoms in total. The monoisotopic (exact) mass is 302 g/mol. The molecule has 120 valence electrons. The molecule has 22 heavy (non-hydrogen) atoms. The Bertz CT molecular complexity index is 565.